The highest BCUT2D eigenvalue weighted by molar-refractivity contribution is 6.33. The summed E-state index contributed by atoms with van der Waals surface area (Å²) in [6.45, 7) is 5.95. The van der Waals surface area contributed by atoms with Crippen LogP contribution in [0.3, 0.4) is 0 Å². The minimum atomic E-state index is -0.0184. The number of halogens is 2. The van der Waals surface area contributed by atoms with Crippen molar-refractivity contribution >= 4 is 34.8 Å². The number of piperazine rings is 1. The van der Waals surface area contributed by atoms with Crippen molar-refractivity contribution in [3.05, 3.63) is 63.7 Å². The normalized spacial score (nSPS) is 16.2. The monoisotopic (exact) mass is 489 g/mol. The van der Waals surface area contributed by atoms with Gasteiger partial charge in [-0.3, -0.25) is 9.48 Å². The third kappa shape index (κ3) is 4.72. The van der Waals surface area contributed by atoms with Crippen LogP contribution in [0.15, 0.2) is 42.7 Å². The van der Waals surface area contributed by atoms with E-state index < -0.39 is 0 Å². The number of hydrogen-bond acceptors (Lipinski definition) is 5. The molecule has 2 aromatic heterocycles. The van der Waals surface area contributed by atoms with E-state index in [0.29, 0.717) is 51.5 Å². The van der Waals surface area contributed by atoms with Gasteiger partial charge in [0.05, 0.1) is 22.8 Å². The van der Waals surface area contributed by atoms with Gasteiger partial charge in [-0.15, -0.1) is 0 Å². The maximum absolute atomic E-state index is 13.1. The topological polar surface area (TPSA) is 77.5 Å². The molecule has 174 valence electrons. The molecule has 0 bridgehead atoms. The highest BCUT2D eigenvalue weighted by Gasteiger charge is 2.29. The molecule has 0 N–H and O–H groups in total. The highest BCUT2D eigenvalue weighted by atomic mass is 35.5. The van der Waals surface area contributed by atoms with Crippen LogP contribution in [0.1, 0.15) is 12.6 Å². The second kappa shape index (κ2) is 9.49. The minimum Gasteiger partial charge on any atom is -0.619 e. The van der Waals surface area contributed by atoms with Gasteiger partial charge in [-0.05, 0) is 26.0 Å². The SMILES string of the molecule is COc1cc(N2CCN(C(=O)Cn3nc(-c4cc[n+]([O-])cc4)c(Cl)c3C)[C@@H](C)C2)ccc1Cl. The van der Waals surface area contributed by atoms with Gasteiger partial charge in [0.15, 0.2) is 12.4 Å². The zero-order chi connectivity index (χ0) is 23.7. The molecule has 1 saturated heterocycles. The van der Waals surface area contributed by atoms with Crippen LogP contribution in [0.4, 0.5) is 5.69 Å². The molecule has 0 unspecified atom stereocenters. The van der Waals surface area contributed by atoms with Gasteiger partial charge in [-0.2, -0.15) is 9.83 Å². The van der Waals surface area contributed by atoms with Crippen LogP contribution >= 0.6 is 23.2 Å². The van der Waals surface area contributed by atoms with E-state index in [1.54, 1.807) is 23.9 Å². The summed E-state index contributed by atoms with van der Waals surface area (Å²) < 4.78 is 7.66. The quantitative estimate of drug-likeness (QED) is 0.404. The Morgan fingerprint density at radius 3 is 2.64 bits per heavy atom. The Hall–Kier alpha value is -2.97. The smallest absolute Gasteiger partial charge is 0.244 e. The van der Waals surface area contributed by atoms with E-state index in [-0.39, 0.29) is 18.5 Å². The van der Waals surface area contributed by atoms with Crippen molar-refractivity contribution in [2.45, 2.75) is 26.4 Å². The fourth-order valence-electron chi connectivity index (χ4n) is 4.06. The Morgan fingerprint density at radius 1 is 1.24 bits per heavy atom. The van der Waals surface area contributed by atoms with E-state index in [2.05, 4.69) is 10.00 Å². The predicted molar refractivity (Wildman–Crippen MR) is 128 cm³/mol. The maximum Gasteiger partial charge on any atom is 0.244 e. The number of hydrogen-bond donors (Lipinski definition) is 0. The van der Waals surface area contributed by atoms with Crippen LogP contribution in [0, 0.1) is 12.1 Å². The molecule has 1 aromatic carbocycles. The van der Waals surface area contributed by atoms with Crippen molar-refractivity contribution < 1.29 is 14.3 Å². The summed E-state index contributed by atoms with van der Waals surface area (Å²) in [5, 5.41) is 16.9. The molecule has 1 amide bonds. The maximum atomic E-state index is 13.1. The van der Waals surface area contributed by atoms with Crippen molar-refractivity contribution in [2.24, 2.45) is 0 Å². The Balaban J connectivity index is 1.45. The van der Waals surface area contributed by atoms with E-state index in [1.807, 2.05) is 36.9 Å². The number of benzene rings is 1. The second-order valence-corrected chi connectivity index (χ2v) is 8.84. The summed E-state index contributed by atoms with van der Waals surface area (Å²) >= 11 is 12.6. The molecule has 3 heterocycles. The van der Waals surface area contributed by atoms with Gasteiger partial charge in [0, 0.05) is 55.1 Å². The largest absolute Gasteiger partial charge is 0.619 e. The number of anilines is 1. The minimum absolute atomic E-state index is 0.0142. The fraction of sp³-hybridized carbons (Fsp3) is 0.348. The van der Waals surface area contributed by atoms with Gasteiger partial charge in [0.1, 0.15) is 18.0 Å². The van der Waals surface area contributed by atoms with Gasteiger partial charge in [-0.1, -0.05) is 23.2 Å². The summed E-state index contributed by atoms with van der Waals surface area (Å²) in [4.78, 5) is 17.2. The number of carbonyl (C=O) groups excluding carboxylic acids is 1. The summed E-state index contributed by atoms with van der Waals surface area (Å²) in [6.07, 6.45) is 2.78. The summed E-state index contributed by atoms with van der Waals surface area (Å²) in [5.74, 6) is 0.612. The fourth-order valence-corrected chi connectivity index (χ4v) is 4.50. The molecule has 1 fully saturated rings. The summed E-state index contributed by atoms with van der Waals surface area (Å²) in [5.41, 5.74) is 2.99. The van der Waals surface area contributed by atoms with Crippen molar-refractivity contribution in [2.75, 3.05) is 31.6 Å². The Bertz CT molecular complexity index is 1170. The molecule has 3 aromatic rings. The van der Waals surface area contributed by atoms with E-state index in [0.717, 1.165) is 11.3 Å². The van der Waals surface area contributed by atoms with Crippen LogP contribution in [0.2, 0.25) is 10.0 Å². The molecule has 33 heavy (non-hydrogen) atoms. The number of aromatic nitrogens is 3. The molecular formula is C23H25Cl2N5O3. The third-order valence-corrected chi connectivity index (χ3v) is 6.71. The first-order chi connectivity index (χ1) is 15.8. The molecule has 1 aliphatic heterocycles. The van der Waals surface area contributed by atoms with E-state index in [4.69, 9.17) is 27.9 Å². The van der Waals surface area contributed by atoms with Crippen molar-refractivity contribution in [1.82, 2.24) is 14.7 Å². The Labute approximate surface area is 202 Å². The van der Waals surface area contributed by atoms with Crippen LogP contribution in [-0.2, 0) is 11.3 Å². The van der Waals surface area contributed by atoms with E-state index >= 15 is 0 Å². The number of amides is 1. The van der Waals surface area contributed by atoms with Crippen LogP contribution in [-0.4, -0.2) is 53.4 Å². The molecule has 0 aliphatic carbocycles. The first-order valence-electron chi connectivity index (χ1n) is 10.6. The molecule has 0 saturated carbocycles. The molecular weight excluding hydrogens is 465 g/mol. The third-order valence-electron chi connectivity index (χ3n) is 5.94. The van der Waals surface area contributed by atoms with Gasteiger partial charge < -0.3 is 19.7 Å². The van der Waals surface area contributed by atoms with Crippen molar-refractivity contribution in [3.63, 3.8) is 0 Å². The molecule has 4 rings (SSSR count). The van der Waals surface area contributed by atoms with Gasteiger partial charge in [0.25, 0.3) is 0 Å². The van der Waals surface area contributed by atoms with Crippen LogP contribution in [0.5, 0.6) is 5.75 Å². The molecule has 1 atom stereocenters. The van der Waals surface area contributed by atoms with E-state index in [9.17, 15) is 10.0 Å². The number of nitrogens with zero attached hydrogens (tertiary/aromatic N) is 5. The van der Waals surface area contributed by atoms with Gasteiger partial charge in [-0.25, -0.2) is 0 Å². The highest BCUT2D eigenvalue weighted by Crippen LogP contribution is 2.31. The van der Waals surface area contributed by atoms with Gasteiger partial charge >= 0.3 is 0 Å². The average Bonchev–Trinajstić information content (AvgIpc) is 3.08. The van der Waals surface area contributed by atoms with Crippen LogP contribution < -0.4 is 14.4 Å². The second-order valence-electron chi connectivity index (χ2n) is 8.05. The van der Waals surface area contributed by atoms with Gasteiger partial charge in [0.2, 0.25) is 5.91 Å². The predicted octanol–water partition coefficient (Wildman–Crippen LogP) is 3.54. The van der Waals surface area contributed by atoms with E-state index in [1.165, 1.54) is 12.4 Å². The first kappa shape index (κ1) is 23.2. The summed E-state index contributed by atoms with van der Waals surface area (Å²) in [6, 6.07) is 9.02. The Kier molecular flexibility index (Phi) is 6.67. The molecule has 0 spiro atoms. The molecule has 1 aliphatic rings. The first-order valence-corrected chi connectivity index (χ1v) is 11.3. The van der Waals surface area contributed by atoms with Crippen molar-refractivity contribution in [3.8, 4) is 17.0 Å². The number of ether oxygens (including phenoxy) is 1. The lowest BCUT2D eigenvalue weighted by molar-refractivity contribution is -0.605. The molecule has 10 heteroatoms. The van der Waals surface area contributed by atoms with Crippen molar-refractivity contribution in [1.29, 1.82) is 0 Å². The number of methoxy groups -OCH3 is 1. The number of pyridine rings is 1. The molecule has 8 nitrogen and oxygen atoms in total. The standard InChI is InChI=1S/C23H25Cl2N5O3/c1-15-13-27(18-4-5-19(24)20(12-18)33-3)10-11-29(15)21(31)14-30-16(2)22(25)23(26-30)17-6-8-28(32)9-7-17/h4-9,12,15H,10-11,13-14H2,1-3H3/t15-/m0/s1. The molecule has 0 radical (unpaired) electrons. The Morgan fingerprint density at radius 2 is 1.97 bits per heavy atom. The number of rotatable bonds is 5. The average molecular weight is 490 g/mol. The van der Waals surface area contributed by atoms with Crippen LogP contribution in [0.25, 0.3) is 11.3 Å². The lowest BCUT2D eigenvalue weighted by atomic mass is 10.1. The lowest BCUT2D eigenvalue weighted by Crippen LogP contribution is -2.54. The summed E-state index contributed by atoms with van der Waals surface area (Å²) in [7, 11) is 1.59. The zero-order valence-corrected chi connectivity index (χ0v) is 20.2. The zero-order valence-electron chi connectivity index (χ0n) is 18.7. The number of carbonyl (C=O) groups is 1. The lowest BCUT2D eigenvalue weighted by Gasteiger charge is -2.41.